The molecule has 2 amide bonds. The molecule has 0 aliphatic heterocycles. The molecule has 3 N–H and O–H groups in total. The molecule has 1 aromatic carbocycles. The molecule has 5 nitrogen and oxygen atoms in total. The van der Waals surface area contributed by atoms with Gasteiger partial charge in [-0.15, -0.1) is 0 Å². The van der Waals surface area contributed by atoms with Gasteiger partial charge in [-0.25, -0.2) is 0 Å². The quantitative estimate of drug-likeness (QED) is 0.770. The number of anilines is 1. The van der Waals surface area contributed by atoms with Gasteiger partial charge in [-0.1, -0.05) is 32.4 Å². The number of aliphatic hydroxyl groups excluding tert-OH is 1. The number of nitrogens with one attached hydrogen (secondary N) is 2. The first kappa shape index (κ1) is 19.5. The molecule has 0 radical (unpaired) electrons. The minimum atomic E-state index is -0.758. The summed E-state index contributed by atoms with van der Waals surface area (Å²) in [6.45, 7) is 9.14. The maximum absolute atomic E-state index is 12.3. The summed E-state index contributed by atoms with van der Waals surface area (Å²) in [6.07, 6.45) is 0.370. The average molecular weight is 341 g/mol. The first-order valence-electron chi connectivity index (χ1n) is 7.46. The van der Waals surface area contributed by atoms with Crippen molar-refractivity contribution in [3.05, 3.63) is 28.8 Å². The zero-order valence-electron chi connectivity index (χ0n) is 14.3. The normalized spacial score (nSPS) is 12.0. The Bertz CT molecular complexity index is 592. The first-order chi connectivity index (χ1) is 10.4. The Morgan fingerprint density at radius 2 is 1.78 bits per heavy atom. The lowest BCUT2D eigenvalue weighted by Crippen LogP contribution is -2.46. The van der Waals surface area contributed by atoms with Gasteiger partial charge in [0.15, 0.2) is 0 Å². The lowest BCUT2D eigenvalue weighted by Gasteiger charge is -2.24. The minimum Gasteiger partial charge on any atom is -0.394 e. The fourth-order valence-corrected chi connectivity index (χ4v) is 2.08. The predicted octanol–water partition coefficient (Wildman–Crippen LogP) is 3.22. The molecule has 0 aromatic heterocycles. The summed E-state index contributed by atoms with van der Waals surface area (Å²) in [4.78, 5) is 24.3. The second-order valence-corrected chi connectivity index (χ2v) is 7.88. The van der Waals surface area contributed by atoms with Gasteiger partial charge < -0.3 is 15.7 Å². The highest BCUT2D eigenvalue weighted by molar-refractivity contribution is 6.34. The third-order valence-electron chi connectivity index (χ3n) is 3.03. The van der Waals surface area contributed by atoms with E-state index in [1.807, 2.05) is 20.8 Å². The van der Waals surface area contributed by atoms with Crippen LogP contribution in [0.25, 0.3) is 0 Å². The highest BCUT2D eigenvalue weighted by Crippen LogP contribution is 2.23. The summed E-state index contributed by atoms with van der Waals surface area (Å²) in [5, 5.41) is 15.0. The summed E-state index contributed by atoms with van der Waals surface area (Å²) in [7, 11) is 0. The third kappa shape index (κ3) is 6.59. The second kappa shape index (κ2) is 7.32. The number of aliphatic hydroxyl groups is 1. The minimum absolute atomic E-state index is 0.123. The summed E-state index contributed by atoms with van der Waals surface area (Å²) in [5.41, 5.74) is -0.120. The summed E-state index contributed by atoms with van der Waals surface area (Å²) in [6, 6.07) is 4.75. The van der Waals surface area contributed by atoms with Crippen molar-refractivity contribution in [3.63, 3.8) is 0 Å². The van der Waals surface area contributed by atoms with Crippen molar-refractivity contribution < 1.29 is 14.7 Å². The molecule has 0 saturated heterocycles. The van der Waals surface area contributed by atoms with Crippen LogP contribution in [0.15, 0.2) is 18.2 Å². The molecule has 0 fully saturated rings. The van der Waals surface area contributed by atoms with E-state index < -0.39 is 11.4 Å². The predicted molar refractivity (Wildman–Crippen MR) is 92.8 cm³/mol. The van der Waals surface area contributed by atoms with Gasteiger partial charge in [-0.3, -0.25) is 9.59 Å². The van der Waals surface area contributed by atoms with Crippen molar-refractivity contribution in [1.29, 1.82) is 0 Å². The Balaban J connectivity index is 2.91. The maximum Gasteiger partial charge on any atom is 0.253 e. The van der Waals surface area contributed by atoms with Crippen LogP contribution in [0.1, 0.15) is 51.4 Å². The molecular weight excluding hydrogens is 316 g/mol. The fraction of sp³-hybridized carbons (Fsp3) is 0.529. The SMILES string of the molecule is CC(C)(C)CC(=O)Nc1ccc(Cl)c(C(=O)NC(C)(C)CO)c1. The van der Waals surface area contributed by atoms with Crippen molar-refractivity contribution in [2.24, 2.45) is 5.41 Å². The molecule has 1 rings (SSSR count). The molecule has 6 heteroatoms. The van der Waals surface area contributed by atoms with E-state index in [1.165, 1.54) is 6.07 Å². The maximum atomic E-state index is 12.3. The van der Waals surface area contributed by atoms with Gasteiger partial charge in [0.25, 0.3) is 5.91 Å². The van der Waals surface area contributed by atoms with E-state index >= 15 is 0 Å². The van der Waals surface area contributed by atoms with Crippen molar-refractivity contribution in [3.8, 4) is 0 Å². The molecule has 0 saturated carbocycles. The standard InChI is InChI=1S/C17H25ClN2O3/c1-16(2,3)9-14(22)19-11-6-7-13(18)12(8-11)15(23)20-17(4,5)10-21/h6-8,21H,9-10H2,1-5H3,(H,19,22)(H,20,23). The number of benzene rings is 1. The van der Waals surface area contributed by atoms with Crippen molar-refractivity contribution in [2.45, 2.75) is 46.6 Å². The van der Waals surface area contributed by atoms with Crippen LogP contribution in [0.3, 0.4) is 0 Å². The van der Waals surface area contributed by atoms with Crippen molar-refractivity contribution in [2.75, 3.05) is 11.9 Å². The van der Waals surface area contributed by atoms with Crippen LogP contribution in [0.4, 0.5) is 5.69 Å². The lowest BCUT2D eigenvalue weighted by molar-refractivity contribution is -0.117. The van der Waals surface area contributed by atoms with Crippen LogP contribution in [-0.4, -0.2) is 29.1 Å². The topological polar surface area (TPSA) is 78.4 Å². The van der Waals surface area contributed by atoms with Gasteiger partial charge in [0.1, 0.15) is 0 Å². The molecule has 128 valence electrons. The lowest BCUT2D eigenvalue weighted by atomic mass is 9.92. The summed E-state index contributed by atoms with van der Waals surface area (Å²) in [5.74, 6) is -0.525. The summed E-state index contributed by atoms with van der Waals surface area (Å²) >= 11 is 6.07. The Morgan fingerprint density at radius 3 is 2.30 bits per heavy atom. The first-order valence-corrected chi connectivity index (χ1v) is 7.84. The Labute approximate surface area is 142 Å². The van der Waals surface area contributed by atoms with Gasteiger partial charge in [0, 0.05) is 12.1 Å². The van der Waals surface area contributed by atoms with Crippen LogP contribution < -0.4 is 10.6 Å². The molecular formula is C17H25ClN2O3. The zero-order valence-corrected chi connectivity index (χ0v) is 15.0. The van der Waals surface area contributed by atoms with Gasteiger partial charge >= 0.3 is 0 Å². The second-order valence-electron chi connectivity index (χ2n) is 7.48. The molecule has 0 unspecified atom stereocenters. The van der Waals surface area contributed by atoms with E-state index in [-0.39, 0.29) is 28.5 Å². The van der Waals surface area contributed by atoms with Crippen LogP contribution in [0.5, 0.6) is 0 Å². The monoisotopic (exact) mass is 340 g/mol. The van der Waals surface area contributed by atoms with Crippen LogP contribution in [0, 0.1) is 5.41 Å². The Morgan fingerprint density at radius 1 is 1.17 bits per heavy atom. The summed E-state index contributed by atoms with van der Waals surface area (Å²) < 4.78 is 0. The number of amides is 2. The van der Waals surface area contributed by atoms with Gasteiger partial charge in [0.05, 0.1) is 22.7 Å². The van der Waals surface area contributed by atoms with E-state index in [2.05, 4.69) is 10.6 Å². The smallest absolute Gasteiger partial charge is 0.253 e. The highest BCUT2D eigenvalue weighted by atomic mass is 35.5. The van der Waals surface area contributed by atoms with Crippen LogP contribution in [0.2, 0.25) is 5.02 Å². The molecule has 1 aromatic rings. The molecule has 23 heavy (non-hydrogen) atoms. The van der Waals surface area contributed by atoms with E-state index in [9.17, 15) is 14.7 Å². The number of carbonyl (C=O) groups is 2. The molecule has 0 aliphatic carbocycles. The van der Waals surface area contributed by atoms with E-state index in [4.69, 9.17) is 11.6 Å². The van der Waals surface area contributed by atoms with Crippen molar-refractivity contribution in [1.82, 2.24) is 5.32 Å². The van der Waals surface area contributed by atoms with Gasteiger partial charge in [-0.05, 0) is 37.5 Å². The number of halogens is 1. The van der Waals surface area contributed by atoms with Crippen LogP contribution in [-0.2, 0) is 4.79 Å². The number of hydrogen-bond donors (Lipinski definition) is 3. The average Bonchev–Trinajstić information content (AvgIpc) is 2.38. The van der Waals surface area contributed by atoms with Crippen molar-refractivity contribution >= 4 is 29.1 Å². The van der Waals surface area contributed by atoms with Gasteiger partial charge in [0.2, 0.25) is 5.91 Å². The number of hydrogen-bond acceptors (Lipinski definition) is 3. The third-order valence-corrected chi connectivity index (χ3v) is 3.36. The molecule has 0 spiro atoms. The Kier molecular flexibility index (Phi) is 6.19. The van der Waals surface area contributed by atoms with E-state index in [0.717, 1.165) is 0 Å². The fourth-order valence-electron chi connectivity index (χ4n) is 1.88. The number of rotatable bonds is 5. The Hall–Kier alpha value is -1.59. The van der Waals surface area contributed by atoms with Crippen LogP contribution >= 0.6 is 11.6 Å². The van der Waals surface area contributed by atoms with Gasteiger partial charge in [-0.2, -0.15) is 0 Å². The molecule has 0 atom stereocenters. The highest BCUT2D eigenvalue weighted by Gasteiger charge is 2.22. The molecule has 0 bridgehead atoms. The largest absolute Gasteiger partial charge is 0.394 e. The molecule has 0 heterocycles. The van der Waals surface area contributed by atoms with E-state index in [0.29, 0.717) is 12.1 Å². The zero-order chi connectivity index (χ0) is 17.8. The molecule has 0 aliphatic rings. The number of carbonyl (C=O) groups excluding carboxylic acids is 2. The van der Waals surface area contributed by atoms with E-state index in [1.54, 1.807) is 26.0 Å².